The zero-order valence-electron chi connectivity index (χ0n) is 15.1. The van der Waals surface area contributed by atoms with Gasteiger partial charge in [0.25, 0.3) is 0 Å². The normalized spacial score (nSPS) is 17.9. The number of hydrogen-bond acceptors (Lipinski definition) is 4. The lowest BCUT2D eigenvalue weighted by atomic mass is 9.99. The number of benzene rings is 1. The predicted octanol–water partition coefficient (Wildman–Crippen LogP) is 2.96. The Kier molecular flexibility index (Phi) is 7.18. The van der Waals surface area contributed by atoms with E-state index in [1.165, 1.54) is 31.5 Å². The summed E-state index contributed by atoms with van der Waals surface area (Å²) in [6.45, 7) is 9.33. The Morgan fingerprint density at radius 2 is 1.87 bits per heavy atom. The Morgan fingerprint density at radius 1 is 1.17 bits per heavy atom. The molecule has 0 radical (unpaired) electrons. The van der Waals surface area contributed by atoms with E-state index < -0.39 is 0 Å². The summed E-state index contributed by atoms with van der Waals surface area (Å²) in [5.74, 6) is 2.50. The largest absolute Gasteiger partial charge is 0.493 e. The molecule has 1 aromatic rings. The van der Waals surface area contributed by atoms with Gasteiger partial charge in [-0.15, -0.1) is 0 Å². The Hall–Kier alpha value is -1.26. The van der Waals surface area contributed by atoms with Crippen molar-refractivity contribution >= 4 is 0 Å². The second-order valence-corrected chi connectivity index (χ2v) is 6.77. The van der Waals surface area contributed by atoms with Crippen molar-refractivity contribution in [3.63, 3.8) is 0 Å². The number of piperidine rings is 1. The van der Waals surface area contributed by atoms with E-state index in [-0.39, 0.29) is 0 Å². The van der Waals surface area contributed by atoms with Gasteiger partial charge in [-0.25, -0.2) is 0 Å². The maximum absolute atomic E-state index is 5.38. The maximum Gasteiger partial charge on any atom is 0.160 e. The number of nitrogens with zero attached hydrogens (tertiary/aromatic N) is 1. The van der Waals surface area contributed by atoms with Crippen molar-refractivity contribution in [1.82, 2.24) is 10.2 Å². The van der Waals surface area contributed by atoms with Crippen LogP contribution in [0.3, 0.4) is 0 Å². The minimum absolute atomic E-state index is 0.455. The topological polar surface area (TPSA) is 33.7 Å². The average molecular weight is 320 g/mol. The van der Waals surface area contributed by atoms with Crippen LogP contribution in [0.15, 0.2) is 18.2 Å². The van der Waals surface area contributed by atoms with Gasteiger partial charge in [0.1, 0.15) is 0 Å². The Morgan fingerprint density at radius 3 is 2.52 bits per heavy atom. The molecule has 0 amide bonds. The summed E-state index contributed by atoms with van der Waals surface area (Å²) in [6, 6.07) is 6.63. The van der Waals surface area contributed by atoms with Crippen LogP contribution in [0.5, 0.6) is 11.5 Å². The molecule has 4 heteroatoms. The van der Waals surface area contributed by atoms with E-state index in [1.807, 2.05) is 6.07 Å². The van der Waals surface area contributed by atoms with E-state index in [1.54, 1.807) is 14.2 Å². The van der Waals surface area contributed by atoms with Crippen LogP contribution < -0.4 is 14.8 Å². The molecular formula is C19H32N2O2. The molecule has 0 aliphatic carbocycles. The van der Waals surface area contributed by atoms with E-state index in [0.29, 0.717) is 6.04 Å². The molecule has 1 aromatic carbocycles. The van der Waals surface area contributed by atoms with Gasteiger partial charge in [0, 0.05) is 19.1 Å². The highest BCUT2D eigenvalue weighted by Gasteiger charge is 2.15. The Bertz CT molecular complexity index is 470. The van der Waals surface area contributed by atoms with Gasteiger partial charge in [0.05, 0.1) is 14.2 Å². The number of rotatable bonds is 8. The van der Waals surface area contributed by atoms with E-state index in [9.17, 15) is 0 Å². The number of likely N-dealkylation sites (tertiary alicyclic amines) is 1. The Balaban J connectivity index is 1.73. The van der Waals surface area contributed by atoms with Crippen LogP contribution in [0.4, 0.5) is 0 Å². The van der Waals surface area contributed by atoms with Gasteiger partial charge in [0.2, 0.25) is 0 Å². The molecule has 0 saturated carbocycles. The lowest BCUT2D eigenvalue weighted by Gasteiger charge is -2.30. The molecule has 23 heavy (non-hydrogen) atoms. The van der Waals surface area contributed by atoms with Crippen molar-refractivity contribution in [1.29, 1.82) is 0 Å². The minimum atomic E-state index is 0.455. The van der Waals surface area contributed by atoms with E-state index >= 15 is 0 Å². The quantitative estimate of drug-likeness (QED) is 0.798. The summed E-state index contributed by atoms with van der Waals surface area (Å²) < 4.78 is 10.7. The third-order valence-electron chi connectivity index (χ3n) is 4.79. The maximum atomic E-state index is 5.38. The van der Waals surface area contributed by atoms with Crippen LogP contribution in [-0.4, -0.2) is 51.3 Å². The fourth-order valence-corrected chi connectivity index (χ4v) is 3.19. The first-order valence-electron chi connectivity index (χ1n) is 8.79. The van der Waals surface area contributed by atoms with Crippen LogP contribution in [0.2, 0.25) is 0 Å². The smallest absolute Gasteiger partial charge is 0.160 e. The molecule has 0 spiro atoms. The summed E-state index contributed by atoms with van der Waals surface area (Å²) in [5.41, 5.74) is 1.27. The first-order chi connectivity index (χ1) is 11.1. The molecule has 1 fully saturated rings. The highest BCUT2D eigenvalue weighted by atomic mass is 16.5. The van der Waals surface area contributed by atoms with Gasteiger partial charge in [-0.3, -0.25) is 0 Å². The van der Waals surface area contributed by atoms with Gasteiger partial charge >= 0.3 is 0 Å². The second-order valence-electron chi connectivity index (χ2n) is 6.77. The number of nitrogens with one attached hydrogen (secondary N) is 1. The van der Waals surface area contributed by atoms with Crippen molar-refractivity contribution in [3.8, 4) is 11.5 Å². The molecule has 1 aliphatic heterocycles. The van der Waals surface area contributed by atoms with Gasteiger partial charge in [-0.1, -0.05) is 13.0 Å². The standard InChI is InChI=1S/C19H32N2O2/c1-15-7-10-21(11-8-15)12-9-20-16(2)13-17-5-6-18(22-3)19(14-17)23-4/h5-6,14-16,20H,7-13H2,1-4H3. The molecule has 1 atom stereocenters. The molecule has 1 unspecified atom stereocenters. The molecule has 0 aromatic heterocycles. The summed E-state index contributed by atoms with van der Waals surface area (Å²) in [6.07, 6.45) is 3.69. The first kappa shape index (κ1) is 18.1. The van der Waals surface area contributed by atoms with E-state index in [2.05, 4.69) is 36.2 Å². The molecule has 1 heterocycles. The number of hydrogen-bond donors (Lipinski definition) is 1. The molecule has 130 valence electrons. The van der Waals surface area contributed by atoms with Crippen molar-refractivity contribution in [2.45, 2.75) is 39.2 Å². The molecule has 0 bridgehead atoms. The molecule has 2 rings (SSSR count). The van der Waals surface area contributed by atoms with Gasteiger partial charge in [0.15, 0.2) is 11.5 Å². The van der Waals surface area contributed by atoms with Crippen molar-refractivity contribution < 1.29 is 9.47 Å². The van der Waals surface area contributed by atoms with Crippen LogP contribution in [0.1, 0.15) is 32.3 Å². The van der Waals surface area contributed by atoms with Crippen LogP contribution in [-0.2, 0) is 6.42 Å². The molecule has 1 N–H and O–H groups in total. The molecule has 1 saturated heterocycles. The first-order valence-corrected chi connectivity index (χ1v) is 8.79. The zero-order chi connectivity index (χ0) is 16.7. The van der Waals surface area contributed by atoms with Crippen LogP contribution >= 0.6 is 0 Å². The predicted molar refractivity (Wildman–Crippen MR) is 95.6 cm³/mol. The van der Waals surface area contributed by atoms with Crippen molar-refractivity contribution in [2.24, 2.45) is 5.92 Å². The third kappa shape index (κ3) is 5.70. The van der Waals surface area contributed by atoms with E-state index in [4.69, 9.17) is 9.47 Å². The monoisotopic (exact) mass is 320 g/mol. The lowest BCUT2D eigenvalue weighted by molar-refractivity contribution is 0.191. The zero-order valence-corrected chi connectivity index (χ0v) is 15.1. The minimum Gasteiger partial charge on any atom is -0.493 e. The summed E-state index contributed by atoms with van der Waals surface area (Å²) >= 11 is 0. The van der Waals surface area contributed by atoms with Crippen LogP contribution in [0, 0.1) is 5.92 Å². The summed E-state index contributed by atoms with van der Waals surface area (Å²) in [5, 5.41) is 3.64. The van der Waals surface area contributed by atoms with Crippen LogP contribution in [0.25, 0.3) is 0 Å². The highest BCUT2D eigenvalue weighted by Crippen LogP contribution is 2.27. The fraction of sp³-hybridized carbons (Fsp3) is 0.684. The van der Waals surface area contributed by atoms with E-state index in [0.717, 1.165) is 36.9 Å². The summed E-state index contributed by atoms with van der Waals surface area (Å²) in [7, 11) is 3.35. The average Bonchev–Trinajstić information content (AvgIpc) is 2.56. The fourth-order valence-electron chi connectivity index (χ4n) is 3.19. The van der Waals surface area contributed by atoms with Gasteiger partial charge in [-0.2, -0.15) is 0 Å². The second kappa shape index (κ2) is 9.14. The summed E-state index contributed by atoms with van der Waals surface area (Å²) in [4.78, 5) is 2.58. The van der Waals surface area contributed by atoms with Gasteiger partial charge in [-0.05, 0) is 62.9 Å². The Labute approximate surface area is 141 Å². The molecular weight excluding hydrogens is 288 g/mol. The lowest BCUT2D eigenvalue weighted by Crippen LogP contribution is -2.40. The molecule has 1 aliphatic rings. The van der Waals surface area contributed by atoms with Gasteiger partial charge < -0.3 is 19.7 Å². The van der Waals surface area contributed by atoms with Crippen molar-refractivity contribution in [2.75, 3.05) is 40.4 Å². The van der Waals surface area contributed by atoms with Crippen molar-refractivity contribution in [3.05, 3.63) is 23.8 Å². The SMILES string of the molecule is COc1ccc(CC(C)NCCN2CCC(C)CC2)cc1OC. The number of methoxy groups -OCH3 is 2. The third-order valence-corrected chi connectivity index (χ3v) is 4.79. The highest BCUT2D eigenvalue weighted by molar-refractivity contribution is 5.43. The molecule has 4 nitrogen and oxygen atoms in total. The number of ether oxygens (including phenoxy) is 2.